The summed E-state index contributed by atoms with van der Waals surface area (Å²) in [4.78, 5) is 16.8. The lowest BCUT2D eigenvalue weighted by molar-refractivity contribution is 0.0722. The van der Waals surface area contributed by atoms with Crippen LogP contribution < -0.4 is 4.74 Å². The topological polar surface area (TPSA) is 58.8 Å². The first kappa shape index (κ1) is 18.3. The molecule has 4 rings (SSSR count). The Bertz CT molecular complexity index is 939. The predicted octanol–water partition coefficient (Wildman–Crippen LogP) is 3.34. The molecule has 0 bridgehead atoms. The van der Waals surface area contributed by atoms with Gasteiger partial charge in [-0.1, -0.05) is 53.7 Å². The Morgan fingerprint density at radius 2 is 1.89 bits per heavy atom. The first-order chi connectivity index (χ1) is 13.7. The fraction of sp³-hybridized carbons (Fsp3) is 0.273. The molecule has 2 heterocycles. The molecule has 0 unspecified atom stereocenters. The molecule has 0 fully saturated rings. The number of hydrogen-bond donors (Lipinski definition) is 0. The van der Waals surface area contributed by atoms with Gasteiger partial charge < -0.3 is 14.2 Å². The van der Waals surface area contributed by atoms with Gasteiger partial charge in [0, 0.05) is 24.7 Å². The second-order valence-electron chi connectivity index (χ2n) is 7.02. The van der Waals surface area contributed by atoms with Crippen LogP contribution in [0.4, 0.5) is 0 Å². The number of rotatable bonds is 5. The lowest BCUT2D eigenvalue weighted by Crippen LogP contribution is -2.32. The van der Waals surface area contributed by atoms with Crippen molar-refractivity contribution in [1.29, 1.82) is 0 Å². The highest BCUT2D eigenvalue weighted by atomic mass is 16.5. The van der Waals surface area contributed by atoms with Gasteiger partial charge in [0.25, 0.3) is 5.91 Å². The van der Waals surface area contributed by atoms with Crippen molar-refractivity contribution in [2.75, 3.05) is 20.2 Å². The summed E-state index contributed by atoms with van der Waals surface area (Å²) in [6.45, 7) is 2.87. The van der Waals surface area contributed by atoms with E-state index in [-0.39, 0.29) is 5.91 Å². The molecule has 144 valence electrons. The van der Waals surface area contributed by atoms with Crippen molar-refractivity contribution >= 4 is 5.91 Å². The third kappa shape index (κ3) is 4.23. The highest BCUT2D eigenvalue weighted by molar-refractivity contribution is 5.92. The number of carbonyl (C=O) groups excluding carboxylic acids is 1. The fourth-order valence-corrected chi connectivity index (χ4v) is 3.37. The fourth-order valence-electron chi connectivity index (χ4n) is 3.37. The minimum absolute atomic E-state index is 0.138. The number of nitrogens with zero attached hydrogens (tertiary/aromatic N) is 3. The SMILES string of the molecule is CN(Cc1ccccc1)Cc1cc(C(=O)N2CCOc3ccccc3C2)no1. The van der Waals surface area contributed by atoms with Gasteiger partial charge in [-0.3, -0.25) is 9.69 Å². The van der Waals surface area contributed by atoms with Crippen LogP contribution in [0.3, 0.4) is 0 Å². The van der Waals surface area contributed by atoms with Gasteiger partial charge in [-0.15, -0.1) is 0 Å². The smallest absolute Gasteiger partial charge is 0.276 e. The molecule has 0 saturated heterocycles. The van der Waals surface area contributed by atoms with Gasteiger partial charge in [0.1, 0.15) is 12.4 Å². The number of hydrogen-bond acceptors (Lipinski definition) is 5. The van der Waals surface area contributed by atoms with E-state index in [1.54, 1.807) is 11.0 Å². The van der Waals surface area contributed by atoms with E-state index in [0.717, 1.165) is 17.9 Å². The highest BCUT2D eigenvalue weighted by Crippen LogP contribution is 2.23. The van der Waals surface area contributed by atoms with Crippen molar-refractivity contribution in [2.45, 2.75) is 19.6 Å². The summed E-state index contributed by atoms with van der Waals surface area (Å²) in [6, 6.07) is 19.8. The molecular formula is C22H23N3O3. The molecule has 0 atom stereocenters. The summed E-state index contributed by atoms with van der Waals surface area (Å²) in [5.41, 5.74) is 2.56. The third-order valence-corrected chi connectivity index (χ3v) is 4.74. The lowest BCUT2D eigenvalue weighted by Gasteiger charge is -2.18. The maximum atomic E-state index is 12.9. The van der Waals surface area contributed by atoms with Gasteiger partial charge in [0.05, 0.1) is 13.1 Å². The zero-order chi connectivity index (χ0) is 19.3. The molecule has 0 N–H and O–H groups in total. The van der Waals surface area contributed by atoms with Crippen molar-refractivity contribution in [3.63, 3.8) is 0 Å². The molecule has 0 saturated carbocycles. The maximum Gasteiger partial charge on any atom is 0.276 e. The first-order valence-corrected chi connectivity index (χ1v) is 9.37. The molecule has 2 aromatic carbocycles. The van der Waals surface area contributed by atoms with E-state index < -0.39 is 0 Å². The molecule has 6 nitrogen and oxygen atoms in total. The average molecular weight is 377 g/mol. The minimum Gasteiger partial charge on any atom is -0.491 e. The lowest BCUT2D eigenvalue weighted by atomic mass is 10.2. The van der Waals surface area contributed by atoms with Crippen LogP contribution in [0.2, 0.25) is 0 Å². The molecule has 28 heavy (non-hydrogen) atoms. The second-order valence-corrected chi connectivity index (χ2v) is 7.02. The van der Waals surface area contributed by atoms with Crippen molar-refractivity contribution in [3.05, 3.63) is 83.2 Å². The van der Waals surface area contributed by atoms with Gasteiger partial charge >= 0.3 is 0 Å². The molecule has 1 amide bonds. The summed E-state index contributed by atoms with van der Waals surface area (Å²) in [6.07, 6.45) is 0. The van der Waals surface area contributed by atoms with Gasteiger partial charge in [-0.25, -0.2) is 0 Å². The molecule has 0 aliphatic carbocycles. The molecule has 0 radical (unpaired) electrons. The number of carbonyl (C=O) groups is 1. The van der Waals surface area contributed by atoms with E-state index in [2.05, 4.69) is 22.2 Å². The summed E-state index contributed by atoms with van der Waals surface area (Å²) in [5.74, 6) is 1.37. The van der Waals surface area contributed by atoms with Gasteiger partial charge in [-0.05, 0) is 18.7 Å². The van der Waals surface area contributed by atoms with E-state index in [9.17, 15) is 4.79 Å². The van der Waals surface area contributed by atoms with Crippen LogP contribution in [-0.2, 0) is 19.6 Å². The first-order valence-electron chi connectivity index (χ1n) is 9.37. The van der Waals surface area contributed by atoms with Crippen molar-refractivity contribution in [3.8, 4) is 5.75 Å². The normalized spacial score (nSPS) is 13.7. The molecule has 1 aromatic heterocycles. The van der Waals surface area contributed by atoms with E-state index in [1.165, 1.54) is 5.56 Å². The molecule has 3 aromatic rings. The van der Waals surface area contributed by atoms with Crippen LogP contribution in [-0.4, -0.2) is 41.1 Å². The van der Waals surface area contributed by atoms with E-state index in [0.29, 0.717) is 37.7 Å². The Kier molecular flexibility index (Phi) is 5.39. The van der Waals surface area contributed by atoms with Crippen LogP contribution >= 0.6 is 0 Å². The monoisotopic (exact) mass is 377 g/mol. The number of para-hydroxylation sites is 1. The molecule has 0 spiro atoms. The summed E-state index contributed by atoms with van der Waals surface area (Å²) in [5, 5.41) is 4.00. The van der Waals surface area contributed by atoms with E-state index >= 15 is 0 Å². The predicted molar refractivity (Wildman–Crippen MR) is 105 cm³/mol. The van der Waals surface area contributed by atoms with Crippen molar-refractivity contribution < 1.29 is 14.1 Å². The van der Waals surface area contributed by atoms with Crippen LogP contribution in [0.1, 0.15) is 27.4 Å². The second kappa shape index (κ2) is 8.27. The Morgan fingerprint density at radius 3 is 2.75 bits per heavy atom. The average Bonchev–Trinajstić information content (AvgIpc) is 3.05. The van der Waals surface area contributed by atoms with Gasteiger partial charge in [0.15, 0.2) is 11.5 Å². The number of amides is 1. The Balaban J connectivity index is 1.40. The summed E-state index contributed by atoms with van der Waals surface area (Å²) in [7, 11) is 2.01. The van der Waals surface area contributed by atoms with Gasteiger partial charge in [-0.2, -0.15) is 0 Å². The Morgan fingerprint density at radius 1 is 1.11 bits per heavy atom. The quantitative estimate of drug-likeness (QED) is 0.683. The summed E-state index contributed by atoms with van der Waals surface area (Å²) >= 11 is 0. The zero-order valence-corrected chi connectivity index (χ0v) is 15.9. The van der Waals surface area contributed by atoms with E-state index in [4.69, 9.17) is 9.26 Å². The van der Waals surface area contributed by atoms with Crippen LogP contribution in [0.25, 0.3) is 0 Å². The van der Waals surface area contributed by atoms with Crippen molar-refractivity contribution in [2.24, 2.45) is 0 Å². The highest BCUT2D eigenvalue weighted by Gasteiger charge is 2.23. The number of aromatic nitrogens is 1. The molecular weight excluding hydrogens is 354 g/mol. The summed E-state index contributed by atoms with van der Waals surface area (Å²) < 4.78 is 11.2. The third-order valence-electron chi connectivity index (χ3n) is 4.74. The Hall–Kier alpha value is -3.12. The number of ether oxygens (including phenoxy) is 1. The van der Waals surface area contributed by atoms with Crippen LogP contribution in [0.5, 0.6) is 5.75 Å². The zero-order valence-electron chi connectivity index (χ0n) is 15.9. The van der Waals surface area contributed by atoms with Gasteiger partial charge in [0.2, 0.25) is 0 Å². The molecule has 6 heteroatoms. The van der Waals surface area contributed by atoms with Crippen molar-refractivity contribution in [1.82, 2.24) is 15.0 Å². The molecule has 1 aliphatic rings. The minimum atomic E-state index is -0.138. The molecule has 1 aliphatic heterocycles. The van der Waals surface area contributed by atoms with Crippen LogP contribution in [0.15, 0.2) is 65.2 Å². The number of benzene rings is 2. The van der Waals surface area contributed by atoms with E-state index in [1.807, 2.05) is 49.5 Å². The largest absolute Gasteiger partial charge is 0.491 e. The Labute approximate surface area is 164 Å². The number of fused-ring (bicyclic) bond motifs is 1. The standard InChI is InChI=1S/C22H23N3O3/c1-24(14-17-7-3-2-4-8-17)16-19-13-20(23-28-19)22(26)25-11-12-27-21-10-6-5-9-18(21)15-25/h2-10,13H,11-12,14-16H2,1H3. The van der Waals surface area contributed by atoms with Crippen LogP contribution in [0, 0.1) is 0 Å². The maximum absolute atomic E-state index is 12.9.